The van der Waals surface area contributed by atoms with Crippen molar-refractivity contribution in [3.63, 3.8) is 0 Å². The van der Waals surface area contributed by atoms with Crippen molar-refractivity contribution < 1.29 is 5.11 Å². The van der Waals surface area contributed by atoms with Crippen LogP contribution < -0.4 is 0 Å². The van der Waals surface area contributed by atoms with E-state index in [1.54, 1.807) is 11.1 Å². The van der Waals surface area contributed by atoms with Crippen LogP contribution >= 0.6 is 0 Å². The highest BCUT2D eigenvalue weighted by atomic mass is 16.3. The van der Waals surface area contributed by atoms with Crippen LogP contribution in [0.15, 0.2) is 18.2 Å². The van der Waals surface area contributed by atoms with E-state index in [1.807, 2.05) is 0 Å². The largest absolute Gasteiger partial charge is 0.396 e. The second-order valence-corrected chi connectivity index (χ2v) is 7.50. The fraction of sp³-hybridized carbons (Fsp3) is 0.727. The molecule has 0 spiro atoms. The molecule has 2 unspecified atom stereocenters. The van der Waals surface area contributed by atoms with Crippen molar-refractivity contribution in [2.24, 2.45) is 5.92 Å². The van der Waals surface area contributed by atoms with E-state index in [2.05, 4.69) is 32.0 Å². The molecule has 130 valence electrons. The maximum Gasteiger partial charge on any atom is 0.0459 e. The van der Waals surface area contributed by atoms with Gasteiger partial charge in [-0.05, 0) is 73.5 Å². The molecule has 1 nitrogen and oxygen atoms in total. The van der Waals surface area contributed by atoms with Crippen LogP contribution in [-0.4, -0.2) is 11.7 Å². The van der Waals surface area contributed by atoms with E-state index >= 15 is 0 Å². The lowest BCUT2D eigenvalue weighted by Gasteiger charge is -2.19. The van der Waals surface area contributed by atoms with Gasteiger partial charge in [-0.2, -0.15) is 0 Å². The highest BCUT2D eigenvalue weighted by Gasteiger charge is 2.25. The minimum absolute atomic E-state index is 0.376. The fourth-order valence-corrected chi connectivity index (χ4v) is 4.05. The Morgan fingerprint density at radius 3 is 2.26 bits per heavy atom. The van der Waals surface area contributed by atoms with E-state index in [-0.39, 0.29) is 0 Å². The molecule has 1 saturated carbocycles. The highest BCUT2D eigenvalue weighted by Crippen LogP contribution is 2.39. The summed E-state index contributed by atoms with van der Waals surface area (Å²) in [6.45, 7) is 4.84. The first-order chi connectivity index (χ1) is 11.3. The number of hydrogen-bond acceptors (Lipinski definition) is 1. The van der Waals surface area contributed by atoms with E-state index in [0.29, 0.717) is 18.4 Å². The number of aryl methyl sites for hydroxylation is 2. The summed E-state index contributed by atoms with van der Waals surface area (Å²) in [6.07, 6.45) is 14.5. The van der Waals surface area contributed by atoms with Gasteiger partial charge in [-0.25, -0.2) is 0 Å². The Labute approximate surface area is 143 Å². The zero-order valence-electron chi connectivity index (χ0n) is 15.3. The molecule has 0 bridgehead atoms. The summed E-state index contributed by atoms with van der Waals surface area (Å²) in [6, 6.07) is 7.16. The van der Waals surface area contributed by atoms with Crippen molar-refractivity contribution in [2.75, 3.05) is 6.61 Å². The first kappa shape index (κ1) is 18.5. The molecular formula is C22H36O. The summed E-state index contributed by atoms with van der Waals surface area (Å²) in [5.74, 6) is 1.26. The predicted molar refractivity (Wildman–Crippen MR) is 100 cm³/mol. The summed E-state index contributed by atoms with van der Waals surface area (Å²) in [5, 5.41) is 9.22. The zero-order chi connectivity index (χ0) is 16.5. The van der Waals surface area contributed by atoms with Crippen molar-refractivity contribution >= 4 is 0 Å². The monoisotopic (exact) mass is 316 g/mol. The average molecular weight is 317 g/mol. The number of fused-ring (bicyclic) bond motifs is 1. The molecule has 3 rings (SSSR count). The lowest BCUT2D eigenvalue weighted by Crippen LogP contribution is -2.05. The molecule has 0 heterocycles. The molecule has 2 aliphatic rings. The lowest BCUT2D eigenvalue weighted by atomic mass is 9.87. The summed E-state index contributed by atoms with van der Waals surface area (Å²) in [5.41, 5.74) is 4.71. The van der Waals surface area contributed by atoms with Gasteiger partial charge in [0, 0.05) is 6.61 Å². The second kappa shape index (κ2) is 10.1. The van der Waals surface area contributed by atoms with Crippen LogP contribution in [0.25, 0.3) is 0 Å². The number of benzene rings is 1. The minimum atomic E-state index is 0.376. The van der Waals surface area contributed by atoms with Gasteiger partial charge in [0.05, 0.1) is 0 Å². The molecule has 0 amide bonds. The molecule has 1 aromatic rings. The number of aliphatic hydroxyl groups is 1. The van der Waals surface area contributed by atoms with Crippen molar-refractivity contribution in [3.8, 4) is 0 Å². The van der Waals surface area contributed by atoms with E-state index in [0.717, 1.165) is 0 Å². The lowest BCUT2D eigenvalue weighted by molar-refractivity contribution is 0.229. The van der Waals surface area contributed by atoms with Gasteiger partial charge in [0.2, 0.25) is 0 Å². The summed E-state index contributed by atoms with van der Waals surface area (Å²) >= 11 is 0. The topological polar surface area (TPSA) is 20.2 Å². The smallest absolute Gasteiger partial charge is 0.0459 e. The third-order valence-electron chi connectivity index (χ3n) is 5.60. The molecule has 23 heavy (non-hydrogen) atoms. The van der Waals surface area contributed by atoms with E-state index in [1.165, 1.54) is 76.2 Å². The molecule has 0 aromatic heterocycles. The fourth-order valence-electron chi connectivity index (χ4n) is 4.05. The van der Waals surface area contributed by atoms with Gasteiger partial charge < -0.3 is 5.11 Å². The molecule has 1 N–H and O–H groups in total. The van der Waals surface area contributed by atoms with Crippen molar-refractivity contribution in [1.29, 1.82) is 0 Å². The Balaban J connectivity index is 0.000000277. The van der Waals surface area contributed by atoms with Gasteiger partial charge in [-0.15, -0.1) is 0 Å². The van der Waals surface area contributed by atoms with Crippen LogP contribution in [0.4, 0.5) is 0 Å². The van der Waals surface area contributed by atoms with Crippen molar-refractivity contribution in [3.05, 3.63) is 34.9 Å². The van der Waals surface area contributed by atoms with E-state index in [4.69, 9.17) is 0 Å². The molecule has 2 aliphatic carbocycles. The highest BCUT2D eigenvalue weighted by molar-refractivity contribution is 5.35. The standard InChI is InChI=1S/C16H22O.C6H14/c17-11-12-5-6-15(9-12)16-8-7-13-3-1-2-4-14(13)10-16;1-3-5-6-4-2/h7-8,10,12,15,17H,1-6,9,11H2;3-6H2,1-2H3. The summed E-state index contributed by atoms with van der Waals surface area (Å²) in [4.78, 5) is 0. The third-order valence-corrected chi connectivity index (χ3v) is 5.60. The normalized spacial score (nSPS) is 23.1. The van der Waals surface area contributed by atoms with Crippen molar-refractivity contribution in [1.82, 2.24) is 0 Å². The number of unbranched alkanes of at least 4 members (excludes halogenated alkanes) is 3. The molecule has 1 aromatic carbocycles. The van der Waals surface area contributed by atoms with Crippen molar-refractivity contribution in [2.45, 2.75) is 90.4 Å². The van der Waals surface area contributed by atoms with Crippen LogP contribution in [0.5, 0.6) is 0 Å². The maximum absolute atomic E-state index is 9.22. The Hall–Kier alpha value is -0.820. The number of rotatable bonds is 5. The molecule has 0 aliphatic heterocycles. The summed E-state index contributed by atoms with van der Waals surface area (Å²) in [7, 11) is 0. The first-order valence-electron chi connectivity index (χ1n) is 10.0. The predicted octanol–water partition coefficient (Wildman–Crippen LogP) is 6.03. The Bertz CT molecular complexity index is 447. The Morgan fingerprint density at radius 1 is 0.957 bits per heavy atom. The molecular weight excluding hydrogens is 280 g/mol. The van der Waals surface area contributed by atoms with Gasteiger partial charge in [0.15, 0.2) is 0 Å². The van der Waals surface area contributed by atoms with Crippen LogP contribution in [0.3, 0.4) is 0 Å². The van der Waals surface area contributed by atoms with E-state index in [9.17, 15) is 5.11 Å². The molecule has 1 fully saturated rings. The van der Waals surface area contributed by atoms with Gasteiger partial charge >= 0.3 is 0 Å². The van der Waals surface area contributed by atoms with Crippen LogP contribution in [0.2, 0.25) is 0 Å². The average Bonchev–Trinajstić information content (AvgIpc) is 3.09. The number of aliphatic hydroxyl groups excluding tert-OH is 1. The SMILES string of the molecule is CCCCCC.OCC1CCC(c2ccc3c(c2)CCCC3)C1. The van der Waals surface area contributed by atoms with Crippen LogP contribution in [0, 0.1) is 5.92 Å². The second-order valence-electron chi connectivity index (χ2n) is 7.50. The molecule has 0 saturated heterocycles. The molecule has 1 heteroatoms. The van der Waals surface area contributed by atoms with E-state index < -0.39 is 0 Å². The summed E-state index contributed by atoms with van der Waals surface area (Å²) < 4.78 is 0. The Morgan fingerprint density at radius 2 is 1.65 bits per heavy atom. The minimum Gasteiger partial charge on any atom is -0.396 e. The van der Waals surface area contributed by atoms with Crippen LogP contribution in [0.1, 0.15) is 94.2 Å². The molecule has 2 atom stereocenters. The van der Waals surface area contributed by atoms with Crippen LogP contribution in [-0.2, 0) is 12.8 Å². The van der Waals surface area contributed by atoms with Gasteiger partial charge in [0.1, 0.15) is 0 Å². The van der Waals surface area contributed by atoms with Gasteiger partial charge in [-0.3, -0.25) is 0 Å². The number of hydrogen-bond donors (Lipinski definition) is 1. The Kier molecular flexibility index (Phi) is 8.16. The third kappa shape index (κ3) is 5.64. The molecule has 0 radical (unpaired) electrons. The zero-order valence-corrected chi connectivity index (χ0v) is 15.3. The first-order valence-corrected chi connectivity index (χ1v) is 10.0. The quantitative estimate of drug-likeness (QED) is 0.658. The maximum atomic E-state index is 9.22. The van der Waals surface area contributed by atoms with Gasteiger partial charge in [0.25, 0.3) is 0 Å². The van der Waals surface area contributed by atoms with Gasteiger partial charge in [-0.1, -0.05) is 57.7 Å².